The number of benzene rings is 1. The first-order valence-electron chi connectivity index (χ1n) is 9.38. The van der Waals surface area contributed by atoms with Crippen LogP contribution < -0.4 is 10.1 Å². The first kappa shape index (κ1) is 19.7. The zero-order valence-electron chi connectivity index (χ0n) is 16.2. The number of aryl methyl sites for hydroxylation is 1. The summed E-state index contributed by atoms with van der Waals surface area (Å²) in [7, 11) is 1.57. The molecule has 2 heterocycles. The third-order valence-corrected chi connectivity index (χ3v) is 4.61. The quantitative estimate of drug-likeness (QED) is 0.803. The Balaban J connectivity index is 1.43. The van der Waals surface area contributed by atoms with E-state index in [1.54, 1.807) is 41.2 Å². The molecule has 0 bridgehead atoms. The van der Waals surface area contributed by atoms with Gasteiger partial charge in [0.05, 0.1) is 7.11 Å². The van der Waals surface area contributed by atoms with Crippen molar-refractivity contribution in [2.75, 3.05) is 39.8 Å². The van der Waals surface area contributed by atoms with Gasteiger partial charge < -0.3 is 24.4 Å². The summed E-state index contributed by atoms with van der Waals surface area (Å²) < 4.78 is 10.2. The maximum Gasteiger partial charge on any atom is 0.317 e. The first-order valence-corrected chi connectivity index (χ1v) is 9.38. The van der Waals surface area contributed by atoms with Crippen LogP contribution in [-0.4, -0.2) is 71.7 Å². The van der Waals surface area contributed by atoms with Crippen molar-refractivity contribution in [2.24, 2.45) is 0 Å². The van der Waals surface area contributed by atoms with E-state index in [2.05, 4.69) is 15.5 Å². The van der Waals surface area contributed by atoms with Gasteiger partial charge in [0, 0.05) is 51.1 Å². The van der Waals surface area contributed by atoms with Gasteiger partial charge in [-0.2, -0.15) is 4.98 Å². The van der Waals surface area contributed by atoms with Crippen LogP contribution in [0.4, 0.5) is 4.79 Å². The molecule has 3 amide bonds. The van der Waals surface area contributed by atoms with Gasteiger partial charge in [-0.05, 0) is 18.2 Å². The Bertz CT molecular complexity index is 814. The van der Waals surface area contributed by atoms with Crippen molar-refractivity contribution in [1.82, 2.24) is 25.3 Å². The van der Waals surface area contributed by atoms with Crippen LogP contribution in [0.3, 0.4) is 0 Å². The van der Waals surface area contributed by atoms with Gasteiger partial charge in [-0.25, -0.2) is 4.79 Å². The van der Waals surface area contributed by atoms with Crippen LogP contribution in [0.25, 0.3) is 0 Å². The molecule has 1 aromatic heterocycles. The van der Waals surface area contributed by atoms with Gasteiger partial charge >= 0.3 is 6.03 Å². The first-order chi connectivity index (χ1) is 13.6. The fraction of sp³-hybridized carbons (Fsp3) is 0.474. The molecule has 9 heteroatoms. The highest BCUT2D eigenvalue weighted by Crippen LogP contribution is 2.15. The number of rotatable bonds is 6. The van der Waals surface area contributed by atoms with E-state index in [9.17, 15) is 9.59 Å². The molecule has 3 rings (SSSR count). The molecule has 1 fully saturated rings. The molecule has 0 radical (unpaired) electrons. The zero-order chi connectivity index (χ0) is 19.9. The van der Waals surface area contributed by atoms with Gasteiger partial charge in [0.2, 0.25) is 5.89 Å². The number of hydrogen-bond donors (Lipinski definition) is 1. The predicted molar refractivity (Wildman–Crippen MR) is 101 cm³/mol. The Kier molecular flexibility index (Phi) is 6.46. The van der Waals surface area contributed by atoms with E-state index >= 15 is 0 Å². The van der Waals surface area contributed by atoms with E-state index < -0.39 is 0 Å². The topological polar surface area (TPSA) is 101 Å². The highest BCUT2D eigenvalue weighted by Gasteiger charge is 2.25. The minimum atomic E-state index is -0.146. The Hall–Kier alpha value is -3.10. The van der Waals surface area contributed by atoms with E-state index in [0.717, 1.165) is 0 Å². The second kappa shape index (κ2) is 9.20. The number of carbonyl (C=O) groups is 2. The van der Waals surface area contributed by atoms with Gasteiger partial charge in [-0.15, -0.1) is 0 Å². The second-order valence-corrected chi connectivity index (χ2v) is 6.45. The summed E-state index contributed by atoms with van der Waals surface area (Å²) in [4.78, 5) is 32.6. The number of nitrogens with zero attached hydrogens (tertiary/aromatic N) is 4. The van der Waals surface area contributed by atoms with E-state index in [1.165, 1.54) is 0 Å². The van der Waals surface area contributed by atoms with Crippen molar-refractivity contribution < 1.29 is 18.8 Å². The third-order valence-electron chi connectivity index (χ3n) is 4.61. The van der Waals surface area contributed by atoms with Crippen molar-refractivity contribution >= 4 is 11.9 Å². The number of nitrogens with one attached hydrogen (secondary N) is 1. The molecule has 0 aliphatic carbocycles. The monoisotopic (exact) mass is 387 g/mol. The lowest BCUT2D eigenvalue weighted by atomic mass is 10.1. The Morgan fingerprint density at radius 2 is 1.96 bits per heavy atom. The van der Waals surface area contributed by atoms with Crippen LogP contribution in [0.5, 0.6) is 5.75 Å². The Labute approximate surface area is 163 Å². The average Bonchev–Trinajstić information content (AvgIpc) is 3.21. The SMILES string of the molecule is CCc1nc(CCNC(=O)N2CCN(C(=O)c3cccc(OC)c3)CC2)no1. The van der Waals surface area contributed by atoms with E-state index in [0.29, 0.717) is 68.6 Å². The second-order valence-electron chi connectivity index (χ2n) is 6.45. The fourth-order valence-electron chi connectivity index (χ4n) is 2.98. The molecule has 0 atom stereocenters. The van der Waals surface area contributed by atoms with Crippen LogP contribution >= 0.6 is 0 Å². The summed E-state index contributed by atoms with van der Waals surface area (Å²) in [5, 5.41) is 6.73. The predicted octanol–water partition coefficient (Wildman–Crippen LogP) is 1.35. The summed E-state index contributed by atoms with van der Waals surface area (Å²) in [5.41, 5.74) is 0.587. The average molecular weight is 387 g/mol. The molecule has 9 nitrogen and oxygen atoms in total. The van der Waals surface area contributed by atoms with Crippen molar-refractivity contribution in [3.05, 3.63) is 41.5 Å². The number of piperazine rings is 1. The van der Waals surface area contributed by atoms with Crippen LogP contribution in [0, 0.1) is 0 Å². The van der Waals surface area contributed by atoms with Crippen LogP contribution in [0.2, 0.25) is 0 Å². The van der Waals surface area contributed by atoms with Crippen LogP contribution in [-0.2, 0) is 12.8 Å². The summed E-state index contributed by atoms with van der Waals surface area (Å²) in [5.74, 6) is 1.78. The Morgan fingerprint density at radius 3 is 2.64 bits per heavy atom. The fourth-order valence-corrected chi connectivity index (χ4v) is 2.98. The Morgan fingerprint density at radius 1 is 1.21 bits per heavy atom. The van der Waals surface area contributed by atoms with Gasteiger partial charge in [0.25, 0.3) is 5.91 Å². The molecule has 1 aromatic carbocycles. The molecular formula is C19H25N5O4. The van der Waals surface area contributed by atoms with Crippen molar-refractivity contribution in [3.63, 3.8) is 0 Å². The largest absolute Gasteiger partial charge is 0.497 e. The lowest BCUT2D eigenvalue weighted by Gasteiger charge is -2.34. The van der Waals surface area contributed by atoms with E-state index in [1.807, 2.05) is 6.92 Å². The minimum absolute atomic E-state index is 0.0530. The molecule has 150 valence electrons. The number of hydrogen-bond acceptors (Lipinski definition) is 6. The number of aromatic nitrogens is 2. The number of carbonyl (C=O) groups excluding carboxylic acids is 2. The number of amides is 3. The van der Waals surface area contributed by atoms with E-state index in [4.69, 9.17) is 9.26 Å². The highest BCUT2D eigenvalue weighted by atomic mass is 16.5. The maximum atomic E-state index is 12.6. The molecular weight excluding hydrogens is 362 g/mol. The zero-order valence-corrected chi connectivity index (χ0v) is 16.2. The summed E-state index contributed by atoms with van der Waals surface area (Å²) in [6.45, 7) is 4.35. The molecule has 28 heavy (non-hydrogen) atoms. The van der Waals surface area contributed by atoms with Crippen molar-refractivity contribution in [2.45, 2.75) is 19.8 Å². The van der Waals surface area contributed by atoms with Gasteiger partial charge in [-0.3, -0.25) is 4.79 Å². The summed E-state index contributed by atoms with van der Waals surface area (Å²) in [6.07, 6.45) is 1.21. The lowest BCUT2D eigenvalue weighted by molar-refractivity contribution is 0.0665. The van der Waals surface area contributed by atoms with Crippen LogP contribution in [0.15, 0.2) is 28.8 Å². The normalized spacial score (nSPS) is 14.1. The molecule has 1 saturated heterocycles. The molecule has 0 saturated carbocycles. The van der Waals surface area contributed by atoms with Gasteiger partial charge in [0.1, 0.15) is 5.75 Å². The molecule has 0 spiro atoms. The van der Waals surface area contributed by atoms with Gasteiger partial charge in [0.15, 0.2) is 5.82 Å². The van der Waals surface area contributed by atoms with Gasteiger partial charge in [-0.1, -0.05) is 18.1 Å². The third kappa shape index (κ3) is 4.79. The number of ether oxygens (including phenoxy) is 1. The van der Waals surface area contributed by atoms with Crippen LogP contribution in [0.1, 0.15) is 29.0 Å². The van der Waals surface area contributed by atoms with E-state index in [-0.39, 0.29) is 11.9 Å². The number of urea groups is 1. The molecule has 1 N–H and O–H groups in total. The summed E-state index contributed by atoms with van der Waals surface area (Å²) in [6, 6.07) is 6.95. The maximum absolute atomic E-state index is 12.6. The lowest BCUT2D eigenvalue weighted by Crippen LogP contribution is -2.53. The molecule has 0 unspecified atom stereocenters. The minimum Gasteiger partial charge on any atom is -0.497 e. The smallest absolute Gasteiger partial charge is 0.317 e. The molecule has 1 aliphatic heterocycles. The summed E-state index contributed by atoms with van der Waals surface area (Å²) >= 11 is 0. The standard InChI is InChI=1S/C19H25N5O4/c1-3-17-21-16(22-28-17)7-8-20-19(26)24-11-9-23(10-12-24)18(25)14-5-4-6-15(13-14)27-2/h4-6,13H,3,7-12H2,1-2H3,(H,20,26). The van der Waals surface area contributed by atoms with Crippen molar-refractivity contribution in [3.8, 4) is 5.75 Å². The number of methoxy groups -OCH3 is 1. The molecule has 1 aliphatic rings. The highest BCUT2D eigenvalue weighted by molar-refractivity contribution is 5.94. The molecule has 2 aromatic rings. The van der Waals surface area contributed by atoms with Crippen molar-refractivity contribution in [1.29, 1.82) is 0 Å².